The molecule has 0 spiro atoms. The third-order valence-corrected chi connectivity index (χ3v) is 4.53. The predicted molar refractivity (Wildman–Crippen MR) is 94.2 cm³/mol. The van der Waals surface area contributed by atoms with Crippen molar-refractivity contribution in [1.82, 2.24) is 4.90 Å². The molecule has 4 heteroatoms. The quantitative estimate of drug-likeness (QED) is 0.911. The molecule has 1 N–H and O–H groups in total. The lowest BCUT2D eigenvalue weighted by Crippen LogP contribution is -2.42. The van der Waals surface area contributed by atoms with Crippen molar-refractivity contribution < 1.29 is 9.18 Å². The Kier molecular flexibility index (Phi) is 5.26. The summed E-state index contributed by atoms with van der Waals surface area (Å²) in [6.45, 7) is 4.06. The average molecular weight is 326 g/mol. The third-order valence-electron chi connectivity index (χ3n) is 4.53. The van der Waals surface area contributed by atoms with Gasteiger partial charge in [-0.1, -0.05) is 37.3 Å². The summed E-state index contributed by atoms with van der Waals surface area (Å²) >= 11 is 0. The van der Waals surface area contributed by atoms with Crippen LogP contribution in [0, 0.1) is 11.7 Å². The van der Waals surface area contributed by atoms with Crippen molar-refractivity contribution >= 4 is 11.6 Å². The number of benzene rings is 2. The number of carbonyl (C=O) groups is 1. The zero-order valence-corrected chi connectivity index (χ0v) is 13.9. The lowest BCUT2D eigenvalue weighted by Gasteiger charge is -2.36. The molecule has 1 saturated heterocycles. The van der Waals surface area contributed by atoms with E-state index in [0.717, 1.165) is 25.1 Å². The molecule has 2 aromatic rings. The molecule has 0 radical (unpaired) electrons. The van der Waals surface area contributed by atoms with Crippen LogP contribution in [0.2, 0.25) is 0 Å². The summed E-state index contributed by atoms with van der Waals surface area (Å²) in [5.74, 6) is 0.211. The minimum absolute atomic E-state index is 0.0677. The van der Waals surface area contributed by atoms with Gasteiger partial charge in [-0.25, -0.2) is 4.39 Å². The number of piperidine rings is 1. The second-order valence-electron chi connectivity index (χ2n) is 6.55. The summed E-state index contributed by atoms with van der Waals surface area (Å²) in [4.78, 5) is 15.2. The highest BCUT2D eigenvalue weighted by molar-refractivity contribution is 5.95. The van der Waals surface area contributed by atoms with Crippen LogP contribution in [0.15, 0.2) is 54.6 Å². The van der Waals surface area contributed by atoms with Gasteiger partial charge in [-0.2, -0.15) is 0 Å². The standard InChI is InChI=1S/C20H23FN2O/c1-15-6-5-13-23(14-15)19(16-7-3-2-4-8-16)20(24)22-18-11-9-17(21)10-12-18/h2-4,7-12,15,19H,5-6,13-14H2,1H3,(H,22,24). The highest BCUT2D eigenvalue weighted by Crippen LogP contribution is 2.28. The molecule has 0 bridgehead atoms. The van der Waals surface area contributed by atoms with E-state index in [1.165, 1.54) is 18.6 Å². The Morgan fingerprint density at radius 2 is 1.88 bits per heavy atom. The Labute approximate surface area is 142 Å². The minimum atomic E-state index is -0.320. The summed E-state index contributed by atoms with van der Waals surface area (Å²) < 4.78 is 13.1. The zero-order chi connectivity index (χ0) is 16.9. The summed E-state index contributed by atoms with van der Waals surface area (Å²) in [5.41, 5.74) is 1.61. The van der Waals surface area contributed by atoms with Crippen molar-refractivity contribution in [1.29, 1.82) is 0 Å². The van der Waals surface area contributed by atoms with Gasteiger partial charge >= 0.3 is 0 Å². The molecule has 2 unspecified atom stereocenters. The molecule has 1 aliphatic heterocycles. The molecule has 1 heterocycles. The van der Waals surface area contributed by atoms with Crippen LogP contribution in [0.4, 0.5) is 10.1 Å². The molecule has 3 nitrogen and oxygen atoms in total. The highest BCUT2D eigenvalue weighted by atomic mass is 19.1. The van der Waals surface area contributed by atoms with Crippen molar-refractivity contribution in [2.45, 2.75) is 25.8 Å². The molecule has 126 valence electrons. The van der Waals surface area contributed by atoms with E-state index in [-0.39, 0.29) is 17.8 Å². The van der Waals surface area contributed by atoms with Crippen molar-refractivity contribution in [3.05, 3.63) is 66.0 Å². The maximum absolute atomic E-state index is 13.1. The fraction of sp³-hybridized carbons (Fsp3) is 0.350. The maximum atomic E-state index is 13.1. The molecular formula is C20H23FN2O. The van der Waals surface area contributed by atoms with Gasteiger partial charge in [0, 0.05) is 12.2 Å². The molecule has 24 heavy (non-hydrogen) atoms. The number of hydrogen-bond acceptors (Lipinski definition) is 2. The molecule has 1 amide bonds. The summed E-state index contributed by atoms with van der Waals surface area (Å²) in [7, 11) is 0. The monoisotopic (exact) mass is 326 g/mol. The molecule has 2 aromatic carbocycles. The number of likely N-dealkylation sites (tertiary alicyclic amines) is 1. The van der Waals surface area contributed by atoms with Crippen LogP contribution < -0.4 is 5.32 Å². The fourth-order valence-corrected chi connectivity index (χ4v) is 3.37. The van der Waals surface area contributed by atoms with E-state index in [9.17, 15) is 9.18 Å². The normalized spacial score (nSPS) is 19.7. The molecule has 3 rings (SSSR count). The number of nitrogens with one attached hydrogen (secondary N) is 1. The van der Waals surface area contributed by atoms with E-state index < -0.39 is 0 Å². The van der Waals surface area contributed by atoms with Crippen LogP contribution >= 0.6 is 0 Å². The van der Waals surface area contributed by atoms with E-state index in [2.05, 4.69) is 17.1 Å². The van der Waals surface area contributed by atoms with Crippen molar-refractivity contribution in [3.63, 3.8) is 0 Å². The number of anilines is 1. The molecule has 2 atom stereocenters. The number of amides is 1. The third kappa shape index (κ3) is 4.01. The Morgan fingerprint density at radius 1 is 1.17 bits per heavy atom. The number of halogens is 1. The van der Waals surface area contributed by atoms with Crippen LogP contribution in [0.25, 0.3) is 0 Å². The number of hydrogen-bond donors (Lipinski definition) is 1. The lowest BCUT2D eigenvalue weighted by molar-refractivity contribution is -0.122. The van der Waals surface area contributed by atoms with E-state index in [0.29, 0.717) is 11.6 Å². The van der Waals surface area contributed by atoms with E-state index in [1.54, 1.807) is 12.1 Å². The van der Waals surface area contributed by atoms with Gasteiger partial charge < -0.3 is 5.32 Å². The van der Waals surface area contributed by atoms with Gasteiger partial charge in [0.05, 0.1) is 0 Å². The van der Waals surface area contributed by atoms with Crippen LogP contribution in [-0.4, -0.2) is 23.9 Å². The van der Waals surface area contributed by atoms with Crippen LogP contribution in [0.5, 0.6) is 0 Å². The van der Waals surface area contributed by atoms with Crippen molar-refractivity contribution in [3.8, 4) is 0 Å². The Bertz CT molecular complexity index is 672. The van der Waals surface area contributed by atoms with E-state index >= 15 is 0 Å². The van der Waals surface area contributed by atoms with Gasteiger partial charge in [0.25, 0.3) is 0 Å². The number of rotatable bonds is 4. The average Bonchev–Trinajstić information content (AvgIpc) is 2.58. The first-order valence-corrected chi connectivity index (χ1v) is 8.49. The molecule has 0 aromatic heterocycles. The highest BCUT2D eigenvalue weighted by Gasteiger charge is 2.30. The second-order valence-corrected chi connectivity index (χ2v) is 6.55. The van der Waals surface area contributed by atoms with Gasteiger partial charge in [-0.15, -0.1) is 0 Å². The number of nitrogens with zero attached hydrogens (tertiary/aromatic N) is 1. The molecule has 1 aliphatic rings. The number of carbonyl (C=O) groups excluding carboxylic acids is 1. The van der Waals surface area contributed by atoms with Gasteiger partial charge in [0.15, 0.2) is 0 Å². The zero-order valence-electron chi connectivity index (χ0n) is 13.9. The van der Waals surface area contributed by atoms with E-state index in [4.69, 9.17) is 0 Å². The Balaban J connectivity index is 1.83. The second kappa shape index (κ2) is 7.58. The molecule has 1 fully saturated rings. The van der Waals surface area contributed by atoms with Gasteiger partial charge in [0.1, 0.15) is 11.9 Å². The van der Waals surface area contributed by atoms with Gasteiger partial charge in [-0.05, 0) is 55.1 Å². The SMILES string of the molecule is CC1CCCN(C(C(=O)Nc2ccc(F)cc2)c2ccccc2)C1. The van der Waals surface area contributed by atoms with Crippen LogP contribution in [0.3, 0.4) is 0 Å². The summed E-state index contributed by atoms with van der Waals surface area (Å²) in [6, 6.07) is 15.4. The van der Waals surface area contributed by atoms with Crippen LogP contribution in [-0.2, 0) is 4.79 Å². The maximum Gasteiger partial charge on any atom is 0.246 e. The van der Waals surface area contributed by atoms with Crippen molar-refractivity contribution in [2.24, 2.45) is 5.92 Å². The predicted octanol–water partition coefficient (Wildman–Crippen LogP) is 4.24. The Hall–Kier alpha value is -2.20. The smallest absolute Gasteiger partial charge is 0.246 e. The fourth-order valence-electron chi connectivity index (χ4n) is 3.37. The van der Waals surface area contributed by atoms with Gasteiger partial charge in [-0.3, -0.25) is 9.69 Å². The van der Waals surface area contributed by atoms with E-state index in [1.807, 2.05) is 30.3 Å². The van der Waals surface area contributed by atoms with Crippen molar-refractivity contribution in [2.75, 3.05) is 18.4 Å². The molecule has 0 aliphatic carbocycles. The first-order chi connectivity index (χ1) is 11.6. The summed E-state index contributed by atoms with van der Waals surface area (Å²) in [5, 5.41) is 2.93. The first kappa shape index (κ1) is 16.7. The topological polar surface area (TPSA) is 32.3 Å². The largest absolute Gasteiger partial charge is 0.324 e. The summed E-state index contributed by atoms with van der Waals surface area (Å²) in [6.07, 6.45) is 2.31. The van der Waals surface area contributed by atoms with Crippen LogP contribution in [0.1, 0.15) is 31.4 Å². The van der Waals surface area contributed by atoms with Gasteiger partial charge in [0.2, 0.25) is 5.91 Å². The molecule has 0 saturated carbocycles. The molecular weight excluding hydrogens is 303 g/mol. The Morgan fingerprint density at radius 3 is 2.54 bits per heavy atom. The minimum Gasteiger partial charge on any atom is -0.324 e. The lowest BCUT2D eigenvalue weighted by atomic mass is 9.95. The first-order valence-electron chi connectivity index (χ1n) is 8.49.